The van der Waals surface area contributed by atoms with Crippen molar-refractivity contribution in [3.8, 4) is 0 Å². The van der Waals surface area contributed by atoms with E-state index in [1.165, 1.54) is 18.3 Å². The van der Waals surface area contributed by atoms with Crippen LogP contribution in [0.4, 0.5) is 14.5 Å². The minimum absolute atomic E-state index is 0.248. The number of alkyl halides is 2. The van der Waals surface area contributed by atoms with E-state index in [0.29, 0.717) is 4.60 Å². The second-order valence-corrected chi connectivity index (χ2v) is 3.91. The van der Waals surface area contributed by atoms with Gasteiger partial charge in [0.05, 0.1) is 0 Å². The number of carbonyl (C=O) groups is 2. The molecule has 0 aliphatic heterocycles. The van der Waals surface area contributed by atoms with Gasteiger partial charge in [0.1, 0.15) is 11.0 Å². The summed E-state index contributed by atoms with van der Waals surface area (Å²) in [5.74, 6) is -7.49. The highest BCUT2D eigenvalue weighted by atomic mass is 79.9. The third-order valence-electron chi connectivity index (χ3n) is 1.71. The van der Waals surface area contributed by atoms with Crippen LogP contribution in [-0.2, 0) is 9.59 Å². The molecule has 0 bridgehead atoms. The largest absolute Gasteiger partial charge is 0.477 e. The van der Waals surface area contributed by atoms with Crippen molar-refractivity contribution in [1.82, 2.24) is 4.98 Å². The quantitative estimate of drug-likeness (QED) is 0.833. The Morgan fingerprint density at radius 1 is 1.53 bits per heavy atom. The van der Waals surface area contributed by atoms with Crippen molar-refractivity contribution in [1.29, 1.82) is 0 Å². The van der Waals surface area contributed by atoms with Crippen molar-refractivity contribution in [2.24, 2.45) is 0 Å². The first-order valence-corrected chi connectivity index (χ1v) is 5.13. The average molecular weight is 309 g/mol. The van der Waals surface area contributed by atoms with E-state index in [1.807, 2.05) is 0 Å². The van der Waals surface area contributed by atoms with Crippen molar-refractivity contribution in [2.45, 2.75) is 12.3 Å². The number of nitrogens with one attached hydrogen (secondary N) is 1. The second kappa shape index (κ2) is 5.17. The molecule has 5 nitrogen and oxygen atoms in total. The summed E-state index contributed by atoms with van der Waals surface area (Å²) in [5, 5.41) is 10.3. The standard InChI is InChI=1S/C9H7BrF2N2O3/c10-6-3-5(1-2-13-6)14-7(15)4-9(11,12)8(16)17/h1-3H,4H2,(H,16,17)(H,13,14,15). The zero-order valence-electron chi connectivity index (χ0n) is 8.28. The minimum Gasteiger partial charge on any atom is -0.477 e. The number of pyridine rings is 1. The highest BCUT2D eigenvalue weighted by Gasteiger charge is 2.41. The van der Waals surface area contributed by atoms with Gasteiger partial charge in [-0.2, -0.15) is 8.78 Å². The molecule has 0 radical (unpaired) electrons. The summed E-state index contributed by atoms with van der Waals surface area (Å²) < 4.78 is 25.8. The fourth-order valence-corrected chi connectivity index (χ4v) is 1.33. The molecule has 1 aromatic rings. The first-order valence-electron chi connectivity index (χ1n) is 4.34. The van der Waals surface area contributed by atoms with Gasteiger partial charge in [-0.25, -0.2) is 9.78 Å². The van der Waals surface area contributed by atoms with E-state index in [-0.39, 0.29) is 5.69 Å². The monoisotopic (exact) mass is 308 g/mol. The Morgan fingerprint density at radius 2 is 2.18 bits per heavy atom. The number of hydrogen-bond donors (Lipinski definition) is 2. The Bertz CT molecular complexity index is 454. The summed E-state index contributed by atoms with van der Waals surface area (Å²) in [4.78, 5) is 25.0. The van der Waals surface area contributed by atoms with Crippen LogP contribution in [0.15, 0.2) is 22.9 Å². The maximum atomic E-state index is 12.7. The fraction of sp³-hybridized carbons (Fsp3) is 0.222. The van der Waals surface area contributed by atoms with Crippen LogP contribution < -0.4 is 5.32 Å². The zero-order valence-corrected chi connectivity index (χ0v) is 9.87. The first kappa shape index (κ1) is 13.5. The Morgan fingerprint density at radius 3 is 2.71 bits per heavy atom. The van der Waals surface area contributed by atoms with E-state index in [9.17, 15) is 18.4 Å². The molecule has 1 aromatic heterocycles. The fourth-order valence-electron chi connectivity index (χ4n) is 0.963. The molecule has 1 heterocycles. The van der Waals surface area contributed by atoms with Crippen LogP contribution in [0.3, 0.4) is 0 Å². The molecule has 0 fully saturated rings. The molecule has 0 saturated heterocycles. The maximum absolute atomic E-state index is 12.7. The van der Waals surface area contributed by atoms with Crippen molar-refractivity contribution in [3.63, 3.8) is 0 Å². The molecule has 0 aliphatic carbocycles. The number of carbonyl (C=O) groups excluding carboxylic acids is 1. The second-order valence-electron chi connectivity index (χ2n) is 3.10. The number of rotatable bonds is 4. The summed E-state index contributed by atoms with van der Waals surface area (Å²) in [6.45, 7) is 0. The average Bonchev–Trinajstić information content (AvgIpc) is 2.15. The van der Waals surface area contributed by atoms with Gasteiger partial charge in [0, 0.05) is 11.9 Å². The molecule has 8 heteroatoms. The van der Waals surface area contributed by atoms with Crippen LogP contribution >= 0.6 is 15.9 Å². The number of aliphatic carboxylic acids is 1. The van der Waals surface area contributed by atoms with E-state index in [2.05, 4.69) is 26.2 Å². The molecular formula is C9H7BrF2N2O3. The lowest BCUT2D eigenvalue weighted by Crippen LogP contribution is -2.33. The van der Waals surface area contributed by atoms with Gasteiger partial charge < -0.3 is 10.4 Å². The number of nitrogens with zero attached hydrogens (tertiary/aromatic N) is 1. The third kappa shape index (κ3) is 4.06. The number of halogens is 3. The zero-order chi connectivity index (χ0) is 13.1. The predicted molar refractivity (Wildman–Crippen MR) is 57.8 cm³/mol. The van der Waals surface area contributed by atoms with Gasteiger partial charge in [-0.15, -0.1) is 0 Å². The molecule has 0 aromatic carbocycles. The summed E-state index contributed by atoms with van der Waals surface area (Å²) in [7, 11) is 0. The predicted octanol–water partition coefficient (Wildman–Crippen LogP) is 1.89. The highest BCUT2D eigenvalue weighted by molar-refractivity contribution is 9.10. The number of carboxylic acid groups (broad SMARTS) is 1. The van der Waals surface area contributed by atoms with Crippen LogP contribution in [0.25, 0.3) is 0 Å². The summed E-state index contributed by atoms with van der Waals surface area (Å²) in [5.41, 5.74) is 0.248. The van der Waals surface area contributed by atoms with E-state index in [4.69, 9.17) is 5.11 Å². The highest BCUT2D eigenvalue weighted by Crippen LogP contribution is 2.20. The minimum atomic E-state index is -4.08. The van der Waals surface area contributed by atoms with Gasteiger partial charge in [0.25, 0.3) is 0 Å². The normalized spacial score (nSPS) is 11.0. The molecule has 0 saturated carbocycles. The molecule has 2 N–H and O–H groups in total. The third-order valence-corrected chi connectivity index (χ3v) is 2.14. The molecule has 1 rings (SSSR count). The molecule has 1 amide bonds. The van der Waals surface area contributed by atoms with Crippen LogP contribution in [-0.4, -0.2) is 27.9 Å². The SMILES string of the molecule is O=C(CC(F)(F)C(=O)O)Nc1ccnc(Br)c1. The molecule has 0 spiro atoms. The van der Waals surface area contributed by atoms with Crippen molar-refractivity contribution < 1.29 is 23.5 Å². The lowest BCUT2D eigenvalue weighted by molar-refractivity contribution is -0.167. The topological polar surface area (TPSA) is 79.3 Å². The summed E-state index contributed by atoms with van der Waals surface area (Å²) in [6, 6.07) is 2.79. The van der Waals surface area contributed by atoms with Gasteiger partial charge >= 0.3 is 11.9 Å². The Balaban J connectivity index is 2.65. The van der Waals surface area contributed by atoms with Crippen molar-refractivity contribution in [2.75, 3.05) is 5.32 Å². The number of amides is 1. The summed E-state index contributed by atoms with van der Waals surface area (Å²) in [6.07, 6.45) is -0.0582. The molecule has 0 unspecified atom stereocenters. The van der Waals surface area contributed by atoms with Crippen LogP contribution in [0.1, 0.15) is 6.42 Å². The van der Waals surface area contributed by atoms with Gasteiger partial charge in [-0.1, -0.05) is 0 Å². The van der Waals surface area contributed by atoms with E-state index >= 15 is 0 Å². The van der Waals surface area contributed by atoms with Crippen LogP contribution in [0.5, 0.6) is 0 Å². The van der Waals surface area contributed by atoms with E-state index < -0.39 is 24.2 Å². The van der Waals surface area contributed by atoms with Crippen LogP contribution in [0.2, 0.25) is 0 Å². The summed E-state index contributed by atoms with van der Waals surface area (Å²) >= 11 is 3.03. The van der Waals surface area contributed by atoms with E-state index in [1.54, 1.807) is 0 Å². The smallest absolute Gasteiger partial charge is 0.375 e. The lowest BCUT2D eigenvalue weighted by atomic mass is 10.2. The van der Waals surface area contributed by atoms with Crippen molar-refractivity contribution in [3.05, 3.63) is 22.9 Å². The lowest BCUT2D eigenvalue weighted by Gasteiger charge is -2.11. The molecule has 92 valence electrons. The van der Waals surface area contributed by atoms with Crippen molar-refractivity contribution >= 4 is 33.5 Å². The number of anilines is 1. The van der Waals surface area contributed by atoms with Gasteiger partial charge in [-0.05, 0) is 28.1 Å². The van der Waals surface area contributed by atoms with Gasteiger partial charge in [0.15, 0.2) is 0 Å². The van der Waals surface area contributed by atoms with Gasteiger partial charge in [0.2, 0.25) is 5.91 Å². The van der Waals surface area contributed by atoms with Crippen LogP contribution in [0, 0.1) is 0 Å². The molecular weight excluding hydrogens is 302 g/mol. The Hall–Kier alpha value is -1.57. The molecule has 17 heavy (non-hydrogen) atoms. The van der Waals surface area contributed by atoms with Gasteiger partial charge in [-0.3, -0.25) is 4.79 Å². The number of hydrogen-bond acceptors (Lipinski definition) is 3. The molecule has 0 atom stereocenters. The Labute approximate surface area is 103 Å². The number of carboxylic acids is 1. The van der Waals surface area contributed by atoms with E-state index in [0.717, 1.165) is 0 Å². The Kier molecular flexibility index (Phi) is 4.11. The number of aromatic nitrogens is 1. The maximum Gasteiger partial charge on any atom is 0.375 e. The first-order chi connectivity index (χ1) is 7.81. The molecule has 0 aliphatic rings.